The van der Waals surface area contributed by atoms with E-state index in [1.807, 2.05) is 0 Å². The Morgan fingerprint density at radius 3 is 2.50 bits per heavy atom. The molecule has 0 aliphatic carbocycles. The van der Waals surface area contributed by atoms with Gasteiger partial charge in [0.25, 0.3) is 0 Å². The summed E-state index contributed by atoms with van der Waals surface area (Å²) in [5.41, 5.74) is 5.14. The number of halogens is 5. The molecule has 0 fully saturated rings. The Hall–Kier alpha value is -0.980. The van der Waals surface area contributed by atoms with E-state index in [0.29, 0.717) is 5.56 Å². The highest BCUT2D eigenvalue weighted by Crippen LogP contribution is 2.35. The maximum atomic E-state index is 12.5. The van der Waals surface area contributed by atoms with Gasteiger partial charge in [-0.2, -0.15) is 13.2 Å². The predicted octanol–water partition coefficient (Wildman–Crippen LogP) is 3.73. The largest absolute Gasteiger partial charge is 0.466 e. The summed E-state index contributed by atoms with van der Waals surface area (Å²) in [6.45, 7) is 1.87. The summed E-state index contributed by atoms with van der Waals surface area (Å²) in [6.07, 6.45) is -4.63. The van der Waals surface area contributed by atoms with Crippen LogP contribution in [0.1, 0.15) is 30.5 Å². The van der Waals surface area contributed by atoms with Crippen LogP contribution >= 0.6 is 24.0 Å². The van der Waals surface area contributed by atoms with E-state index in [4.69, 9.17) is 22.1 Å². The van der Waals surface area contributed by atoms with Gasteiger partial charge < -0.3 is 10.5 Å². The smallest absolute Gasteiger partial charge is 0.417 e. The standard InChI is InChI=1S/C12H13ClF3NO2.ClH/c1-2-19-11(18)6-10(17)7-3-4-8(9(13)5-7)12(14,15)16;/h3-5,10H,2,6,17H2,1H3;1H/t10-;/m0./s1. The van der Waals surface area contributed by atoms with Crippen molar-refractivity contribution in [2.24, 2.45) is 5.73 Å². The van der Waals surface area contributed by atoms with Crippen molar-refractivity contribution in [1.29, 1.82) is 0 Å². The average molecular weight is 332 g/mol. The van der Waals surface area contributed by atoms with Crippen LogP contribution in [0.15, 0.2) is 18.2 Å². The molecule has 0 aliphatic rings. The Bertz CT molecular complexity index is 467. The lowest BCUT2D eigenvalue weighted by molar-refractivity contribution is -0.143. The second kappa shape index (κ2) is 7.71. The van der Waals surface area contributed by atoms with Crippen molar-refractivity contribution >= 4 is 30.0 Å². The molecule has 0 aliphatic heterocycles. The molecule has 0 amide bonds. The van der Waals surface area contributed by atoms with E-state index in [-0.39, 0.29) is 25.4 Å². The van der Waals surface area contributed by atoms with Gasteiger partial charge >= 0.3 is 12.1 Å². The van der Waals surface area contributed by atoms with Crippen molar-refractivity contribution in [2.45, 2.75) is 25.6 Å². The summed E-state index contributed by atoms with van der Waals surface area (Å²) in [5.74, 6) is -0.508. The van der Waals surface area contributed by atoms with E-state index in [1.54, 1.807) is 6.92 Å². The van der Waals surface area contributed by atoms with E-state index in [2.05, 4.69) is 0 Å². The molecular formula is C12H14Cl2F3NO2. The molecule has 1 rings (SSSR count). The van der Waals surface area contributed by atoms with E-state index in [9.17, 15) is 18.0 Å². The minimum atomic E-state index is -4.51. The minimum Gasteiger partial charge on any atom is -0.466 e. The molecule has 0 unspecified atom stereocenters. The quantitative estimate of drug-likeness (QED) is 0.855. The number of esters is 1. The third-order valence-electron chi connectivity index (χ3n) is 2.42. The molecule has 0 spiro atoms. The van der Waals surface area contributed by atoms with Gasteiger partial charge in [0.05, 0.1) is 23.6 Å². The normalized spacial score (nSPS) is 12.5. The summed E-state index contributed by atoms with van der Waals surface area (Å²) in [4.78, 5) is 11.2. The molecular weight excluding hydrogens is 318 g/mol. The van der Waals surface area contributed by atoms with Gasteiger partial charge in [-0.05, 0) is 24.6 Å². The molecule has 3 nitrogen and oxygen atoms in total. The molecule has 0 radical (unpaired) electrons. The Labute approximate surface area is 125 Å². The van der Waals surface area contributed by atoms with Gasteiger partial charge in [-0.25, -0.2) is 0 Å². The number of carbonyl (C=O) groups is 1. The number of nitrogens with two attached hydrogens (primary N) is 1. The van der Waals surface area contributed by atoms with Gasteiger partial charge in [0.15, 0.2) is 0 Å². The van der Waals surface area contributed by atoms with Crippen LogP contribution in [0.4, 0.5) is 13.2 Å². The van der Waals surface area contributed by atoms with Crippen LogP contribution in [0.25, 0.3) is 0 Å². The fourth-order valence-corrected chi connectivity index (χ4v) is 1.81. The fourth-order valence-electron chi connectivity index (χ4n) is 1.51. The monoisotopic (exact) mass is 331 g/mol. The molecule has 1 aromatic rings. The summed E-state index contributed by atoms with van der Waals surface area (Å²) in [7, 11) is 0. The topological polar surface area (TPSA) is 52.3 Å². The zero-order valence-electron chi connectivity index (χ0n) is 10.5. The SMILES string of the molecule is CCOC(=O)C[C@H](N)c1ccc(C(F)(F)F)c(Cl)c1.Cl. The number of alkyl halides is 3. The molecule has 1 atom stereocenters. The number of benzene rings is 1. The first kappa shape index (κ1) is 19.0. The predicted molar refractivity (Wildman–Crippen MR) is 71.9 cm³/mol. The zero-order valence-corrected chi connectivity index (χ0v) is 12.1. The van der Waals surface area contributed by atoms with Gasteiger partial charge in [0.1, 0.15) is 0 Å². The van der Waals surface area contributed by atoms with Crippen LogP contribution < -0.4 is 5.73 Å². The first-order chi connectivity index (χ1) is 8.75. The molecule has 0 saturated carbocycles. The third kappa shape index (κ3) is 5.19. The van der Waals surface area contributed by atoms with E-state index in [0.717, 1.165) is 12.1 Å². The molecule has 0 aromatic heterocycles. The van der Waals surface area contributed by atoms with E-state index in [1.165, 1.54) is 6.07 Å². The molecule has 0 saturated heterocycles. The van der Waals surface area contributed by atoms with Crippen LogP contribution in [-0.2, 0) is 15.7 Å². The highest BCUT2D eigenvalue weighted by Gasteiger charge is 2.33. The number of rotatable bonds is 4. The molecule has 0 bridgehead atoms. The van der Waals surface area contributed by atoms with Crippen molar-refractivity contribution in [2.75, 3.05) is 6.61 Å². The van der Waals surface area contributed by atoms with Crippen molar-refractivity contribution in [3.05, 3.63) is 34.3 Å². The van der Waals surface area contributed by atoms with Gasteiger partial charge in [-0.15, -0.1) is 12.4 Å². The van der Waals surface area contributed by atoms with Crippen LogP contribution in [0.5, 0.6) is 0 Å². The minimum absolute atomic E-state index is 0. The van der Waals surface area contributed by atoms with Crippen LogP contribution in [0.2, 0.25) is 5.02 Å². The molecule has 114 valence electrons. The van der Waals surface area contributed by atoms with Crippen molar-refractivity contribution in [3.8, 4) is 0 Å². The van der Waals surface area contributed by atoms with Gasteiger partial charge in [-0.1, -0.05) is 17.7 Å². The molecule has 20 heavy (non-hydrogen) atoms. The van der Waals surface area contributed by atoms with E-state index < -0.39 is 28.8 Å². The van der Waals surface area contributed by atoms with Crippen molar-refractivity contribution in [1.82, 2.24) is 0 Å². The second-order valence-corrected chi connectivity index (χ2v) is 4.26. The third-order valence-corrected chi connectivity index (χ3v) is 2.73. The summed E-state index contributed by atoms with van der Waals surface area (Å²) < 4.78 is 42.2. The highest BCUT2D eigenvalue weighted by molar-refractivity contribution is 6.31. The highest BCUT2D eigenvalue weighted by atomic mass is 35.5. The lowest BCUT2D eigenvalue weighted by Gasteiger charge is -2.14. The number of hydrogen-bond acceptors (Lipinski definition) is 3. The Morgan fingerprint density at radius 2 is 2.05 bits per heavy atom. The Kier molecular flexibility index (Phi) is 7.33. The molecule has 0 heterocycles. The number of ether oxygens (including phenoxy) is 1. The first-order valence-corrected chi connectivity index (χ1v) is 5.91. The van der Waals surface area contributed by atoms with Gasteiger partial charge in [-0.3, -0.25) is 4.79 Å². The summed E-state index contributed by atoms with van der Waals surface area (Å²) in [5, 5.41) is -0.440. The van der Waals surface area contributed by atoms with Gasteiger partial charge in [0.2, 0.25) is 0 Å². The van der Waals surface area contributed by atoms with Crippen molar-refractivity contribution in [3.63, 3.8) is 0 Å². The fraction of sp³-hybridized carbons (Fsp3) is 0.417. The van der Waals surface area contributed by atoms with Crippen LogP contribution in [-0.4, -0.2) is 12.6 Å². The van der Waals surface area contributed by atoms with Crippen molar-refractivity contribution < 1.29 is 22.7 Å². The molecule has 2 N–H and O–H groups in total. The van der Waals surface area contributed by atoms with Crippen LogP contribution in [0, 0.1) is 0 Å². The maximum Gasteiger partial charge on any atom is 0.417 e. The Morgan fingerprint density at radius 1 is 1.45 bits per heavy atom. The van der Waals surface area contributed by atoms with Crippen LogP contribution in [0.3, 0.4) is 0 Å². The Balaban J connectivity index is 0.00000361. The summed E-state index contributed by atoms with van der Waals surface area (Å²) >= 11 is 5.56. The number of carbonyl (C=O) groups excluding carboxylic acids is 1. The van der Waals surface area contributed by atoms with Gasteiger partial charge in [0, 0.05) is 6.04 Å². The second-order valence-electron chi connectivity index (χ2n) is 3.85. The lowest BCUT2D eigenvalue weighted by atomic mass is 10.0. The molecule has 8 heteroatoms. The molecule has 1 aromatic carbocycles. The maximum absolute atomic E-state index is 12.5. The lowest BCUT2D eigenvalue weighted by Crippen LogP contribution is -2.17. The van der Waals surface area contributed by atoms with E-state index >= 15 is 0 Å². The average Bonchev–Trinajstić information content (AvgIpc) is 2.27. The zero-order chi connectivity index (χ0) is 14.6. The summed E-state index contributed by atoms with van der Waals surface area (Å²) in [6, 6.07) is 2.43. The number of hydrogen-bond donors (Lipinski definition) is 1. The first-order valence-electron chi connectivity index (χ1n) is 5.53.